The Balaban J connectivity index is 1.63. The van der Waals surface area contributed by atoms with Crippen LogP contribution in [0.3, 0.4) is 0 Å². The van der Waals surface area contributed by atoms with Gasteiger partial charge < -0.3 is 19.3 Å². The Morgan fingerprint density at radius 3 is 2.38 bits per heavy atom. The van der Waals surface area contributed by atoms with Crippen LogP contribution >= 0.6 is 0 Å². The molecule has 0 atom stereocenters. The van der Waals surface area contributed by atoms with Crippen molar-refractivity contribution in [3.8, 4) is 45.4 Å². The quantitative estimate of drug-likeness (QED) is 0.402. The Bertz CT molecular complexity index is 1240. The van der Waals surface area contributed by atoms with Gasteiger partial charge in [0.05, 0.1) is 14.2 Å². The number of H-pyrrole nitrogens is 1. The van der Waals surface area contributed by atoms with Gasteiger partial charge in [0.1, 0.15) is 29.6 Å². The highest BCUT2D eigenvalue weighted by molar-refractivity contribution is 5.86. The number of nitrogens with one attached hydrogen (secondary N) is 1. The summed E-state index contributed by atoms with van der Waals surface area (Å²) in [5.74, 6) is 1.47. The molecular formula is C25H23FN2O4. The van der Waals surface area contributed by atoms with Gasteiger partial charge >= 0.3 is 0 Å². The molecule has 2 N–H and O–H groups in total. The van der Waals surface area contributed by atoms with E-state index in [1.807, 2.05) is 25.1 Å². The zero-order valence-electron chi connectivity index (χ0n) is 18.0. The molecule has 0 radical (unpaired) electrons. The summed E-state index contributed by atoms with van der Waals surface area (Å²) in [5, 5.41) is 18.1. The number of phenolic OH excluding ortho intramolecular Hbond substituents is 1. The van der Waals surface area contributed by atoms with Crippen molar-refractivity contribution in [2.45, 2.75) is 13.5 Å². The molecule has 0 saturated heterocycles. The molecule has 0 spiro atoms. The number of aryl methyl sites for hydroxylation is 1. The lowest BCUT2D eigenvalue weighted by Gasteiger charge is -2.12. The number of phenols is 1. The van der Waals surface area contributed by atoms with Crippen LogP contribution in [-0.2, 0) is 6.61 Å². The van der Waals surface area contributed by atoms with Gasteiger partial charge in [-0.05, 0) is 54.4 Å². The topological polar surface area (TPSA) is 76.6 Å². The maximum atomic E-state index is 13.1. The predicted octanol–water partition coefficient (Wildman–Crippen LogP) is 5.49. The molecule has 0 bridgehead atoms. The van der Waals surface area contributed by atoms with Gasteiger partial charge in [-0.1, -0.05) is 18.2 Å². The SMILES string of the molecule is COc1ccc(-c2c(-c3ccc(OCc4ccc(F)cc4)cc3O)n[nH]c2C)cc1OC. The van der Waals surface area contributed by atoms with Crippen molar-refractivity contribution in [3.05, 3.63) is 77.7 Å². The highest BCUT2D eigenvalue weighted by atomic mass is 19.1. The second kappa shape index (κ2) is 9.01. The van der Waals surface area contributed by atoms with Crippen molar-refractivity contribution in [1.82, 2.24) is 10.2 Å². The summed E-state index contributed by atoms with van der Waals surface area (Å²) in [4.78, 5) is 0. The van der Waals surface area contributed by atoms with Crippen LogP contribution in [0.1, 0.15) is 11.3 Å². The van der Waals surface area contributed by atoms with Crippen molar-refractivity contribution < 1.29 is 23.7 Å². The van der Waals surface area contributed by atoms with Gasteiger partial charge in [-0.15, -0.1) is 0 Å². The summed E-state index contributed by atoms with van der Waals surface area (Å²) in [7, 11) is 3.17. The molecule has 32 heavy (non-hydrogen) atoms. The summed E-state index contributed by atoms with van der Waals surface area (Å²) in [6.07, 6.45) is 0. The highest BCUT2D eigenvalue weighted by Crippen LogP contribution is 2.41. The molecule has 4 rings (SSSR count). The van der Waals surface area contributed by atoms with Gasteiger partial charge in [-0.3, -0.25) is 5.10 Å². The first-order valence-electron chi connectivity index (χ1n) is 9.98. The van der Waals surface area contributed by atoms with Gasteiger partial charge in [0.25, 0.3) is 0 Å². The second-order valence-corrected chi connectivity index (χ2v) is 7.24. The number of ether oxygens (including phenoxy) is 3. The van der Waals surface area contributed by atoms with Crippen LogP contribution in [0.25, 0.3) is 22.4 Å². The predicted molar refractivity (Wildman–Crippen MR) is 120 cm³/mol. The number of aromatic hydroxyl groups is 1. The largest absolute Gasteiger partial charge is 0.507 e. The number of hydrogen-bond acceptors (Lipinski definition) is 5. The van der Waals surface area contributed by atoms with Gasteiger partial charge in [0.15, 0.2) is 11.5 Å². The van der Waals surface area contributed by atoms with Gasteiger partial charge in [0, 0.05) is 22.9 Å². The molecule has 0 unspecified atom stereocenters. The second-order valence-electron chi connectivity index (χ2n) is 7.24. The van der Waals surface area contributed by atoms with E-state index in [4.69, 9.17) is 14.2 Å². The Morgan fingerprint density at radius 2 is 1.69 bits per heavy atom. The number of nitrogens with zero attached hydrogens (tertiary/aromatic N) is 1. The molecule has 0 fully saturated rings. The molecular weight excluding hydrogens is 411 g/mol. The molecule has 0 aliphatic carbocycles. The number of methoxy groups -OCH3 is 2. The summed E-state index contributed by atoms with van der Waals surface area (Å²) in [6, 6.07) is 16.8. The normalized spacial score (nSPS) is 10.8. The van der Waals surface area contributed by atoms with E-state index in [1.54, 1.807) is 44.6 Å². The van der Waals surface area contributed by atoms with Crippen LogP contribution in [0.15, 0.2) is 60.7 Å². The molecule has 0 aliphatic rings. The molecule has 164 valence electrons. The van der Waals surface area contributed by atoms with Gasteiger partial charge in [-0.2, -0.15) is 5.10 Å². The molecule has 3 aromatic carbocycles. The van der Waals surface area contributed by atoms with E-state index in [-0.39, 0.29) is 18.2 Å². The number of benzene rings is 3. The first-order valence-corrected chi connectivity index (χ1v) is 9.98. The lowest BCUT2D eigenvalue weighted by atomic mass is 9.98. The lowest BCUT2D eigenvalue weighted by molar-refractivity contribution is 0.304. The molecule has 7 heteroatoms. The van der Waals surface area contributed by atoms with Gasteiger partial charge in [-0.25, -0.2) is 4.39 Å². The fraction of sp³-hybridized carbons (Fsp3) is 0.160. The maximum Gasteiger partial charge on any atom is 0.161 e. The van der Waals surface area contributed by atoms with Crippen LogP contribution in [0.5, 0.6) is 23.0 Å². The van der Waals surface area contributed by atoms with Crippen molar-refractivity contribution in [1.29, 1.82) is 0 Å². The summed E-state index contributed by atoms with van der Waals surface area (Å²) in [5.41, 5.74) is 4.57. The third-order valence-corrected chi connectivity index (χ3v) is 5.16. The minimum Gasteiger partial charge on any atom is -0.507 e. The van der Waals surface area contributed by atoms with Gasteiger partial charge in [0.2, 0.25) is 0 Å². The summed E-state index contributed by atoms with van der Waals surface area (Å²) < 4.78 is 29.5. The van der Waals surface area contributed by atoms with E-state index in [0.717, 1.165) is 22.4 Å². The number of aromatic nitrogens is 2. The minimum atomic E-state index is -0.296. The van der Waals surface area contributed by atoms with Crippen LogP contribution in [-0.4, -0.2) is 29.5 Å². The molecule has 0 aliphatic heterocycles. The van der Waals surface area contributed by atoms with Crippen molar-refractivity contribution >= 4 is 0 Å². The van der Waals surface area contributed by atoms with Crippen molar-refractivity contribution in [2.24, 2.45) is 0 Å². The fourth-order valence-corrected chi connectivity index (χ4v) is 3.52. The van der Waals surface area contributed by atoms with Crippen molar-refractivity contribution in [2.75, 3.05) is 14.2 Å². The smallest absolute Gasteiger partial charge is 0.161 e. The average molecular weight is 434 g/mol. The van der Waals surface area contributed by atoms with E-state index in [2.05, 4.69) is 10.2 Å². The maximum absolute atomic E-state index is 13.1. The number of aromatic amines is 1. The minimum absolute atomic E-state index is 0.0369. The summed E-state index contributed by atoms with van der Waals surface area (Å²) >= 11 is 0. The molecule has 1 aromatic heterocycles. The summed E-state index contributed by atoms with van der Waals surface area (Å²) in [6.45, 7) is 2.18. The number of halogens is 1. The van der Waals surface area contributed by atoms with Crippen LogP contribution < -0.4 is 14.2 Å². The van der Waals surface area contributed by atoms with E-state index in [0.29, 0.717) is 28.5 Å². The molecule has 4 aromatic rings. The zero-order valence-corrected chi connectivity index (χ0v) is 18.0. The Hall–Kier alpha value is -4.00. The average Bonchev–Trinajstić information content (AvgIpc) is 3.19. The van der Waals surface area contributed by atoms with E-state index < -0.39 is 0 Å². The highest BCUT2D eigenvalue weighted by Gasteiger charge is 2.19. The van der Waals surface area contributed by atoms with Crippen molar-refractivity contribution in [3.63, 3.8) is 0 Å². The molecule has 1 heterocycles. The monoisotopic (exact) mass is 434 g/mol. The molecule has 6 nitrogen and oxygen atoms in total. The Labute approximate surface area is 185 Å². The number of rotatable bonds is 7. The van der Waals surface area contributed by atoms with E-state index in [1.165, 1.54) is 12.1 Å². The number of hydrogen-bond donors (Lipinski definition) is 2. The first-order chi connectivity index (χ1) is 15.5. The van der Waals surface area contributed by atoms with E-state index in [9.17, 15) is 9.50 Å². The fourth-order valence-electron chi connectivity index (χ4n) is 3.52. The zero-order chi connectivity index (χ0) is 22.7. The van der Waals surface area contributed by atoms with Crippen LogP contribution in [0.4, 0.5) is 4.39 Å². The Morgan fingerprint density at radius 1 is 0.938 bits per heavy atom. The van der Waals surface area contributed by atoms with E-state index >= 15 is 0 Å². The first kappa shape index (κ1) is 21.2. The third-order valence-electron chi connectivity index (χ3n) is 5.16. The lowest BCUT2D eigenvalue weighted by Crippen LogP contribution is -1.96. The third kappa shape index (κ3) is 4.23. The van der Waals surface area contributed by atoms with Crippen LogP contribution in [0.2, 0.25) is 0 Å². The van der Waals surface area contributed by atoms with Crippen LogP contribution in [0, 0.1) is 12.7 Å². The Kier molecular flexibility index (Phi) is 5.98. The molecule has 0 saturated carbocycles. The standard InChI is InChI=1S/C25H23FN2O4/c1-15-24(17-6-11-22(30-2)23(12-17)31-3)25(28-27-15)20-10-9-19(13-21(20)29)32-14-16-4-7-18(26)8-5-16/h4-13,29H,14H2,1-3H3,(H,27,28). The molecule has 0 amide bonds.